The van der Waals surface area contributed by atoms with Gasteiger partial charge in [-0.15, -0.1) is 0 Å². The Labute approximate surface area is 215 Å². The van der Waals surface area contributed by atoms with E-state index in [1.54, 1.807) is 24.3 Å². The van der Waals surface area contributed by atoms with Crippen LogP contribution in [-0.2, 0) is 9.59 Å². The van der Waals surface area contributed by atoms with Crippen molar-refractivity contribution in [3.8, 4) is 28.7 Å². The number of esters is 2. The Kier molecular flexibility index (Phi) is 10.8. The van der Waals surface area contributed by atoms with E-state index in [9.17, 15) is 18.4 Å². The summed E-state index contributed by atoms with van der Waals surface area (Å²) in [7, 11) is 0. The molecule has 192 valence electrons. The molecule has 0 radical (unpaired) electrons. The Morgan fingerprint density at radius 2 is 1.19 bits per heavy atom. The maximum Gasteiger partial charge on any atom is 0.311 e. The number of nitriles is 1. The van der Waals surface area contributed by atoms with Crippen LogP contribution < -0.4 is 9.47 Å². The number of hydrogen-bond donors (Lipinski definition) is 0. The van der Waals surface area contributed by atoms with Crippen molar-refractivity contribution in [3.05, 3.63) is 83.9 Å². The van der Waals surface area contributed by atoms with E-state index in [1.807, 2.05) is 6.07 Å². The van der Waals surface area contributed by atoms with Crippen molar-refractivity contribution < 1.29 is 27.8 Å². The molecular weight excluding hydrogens is 476 g/mol. The first-order valence-electron chi connectivity index (χ1n) is 12.4. The second kappa shape index (κ2) is 14.5. The molecular formula is C30H29F2NO4. The summed E-state index contributed by atoms with van der Waals surface area (Å²) in [6, 6.07) is 18.2. The van der Waals surface area contributed by atoms with Crippen LogP contribution in [0.1, 0.15) is 63.4 Å². The molecule has 0 saturated carbocycles. The van der Waals surface area contributed by atoms with Crippen molar-refractivity contribution in [3.63, 3.8) is 0 Å². The van der Waals surface area contributed by atoms with Crippen molar-refractivity contribution >= 4 is 11.9 Å². The normalized spacial score (nSPS) is 10.5. The topological polar surface area (TPSA) is 76.4 Å². The third kappa shape index (κ3) is 9.49. The molecule has 0 aromatic heterocycles. The highest BCUT2D eigenvalue weighted by Gasteiger charge is 2.10. The maximum atomic E-state index is 14.4. The lowest BCUT2D eigenvalue weighted by Crippen LogP contribution is -2.08. The number of ether oxygens (including phenoxy) is 2. The first-order chi connectivity index (χ1) is 17.9. The monoisotopic (exact) mass is 505 g/mol. The van der Waals surface area contributed by atoms with Gasteiger partial charge in [0.2, 0.25) is 0 Å². The first-order valence-corrected chi connectivity index (χ1v) is 12.4. The zero-order valence-corrected chi connectivity index (χ0v) is 20.6. The Balaban J connectivity index is 1.23. The van der Waals surface area contributed by atoms with Gasteiger partial charge in [0.05, 0.1) is 11.6 Å². The number of nitrogens with zero attached hydrogens (tertiary/aromatic N) is 1. The Bertz CT molecular complexity index is 1220. The van der Waals surface area contributed by atoms with Crippen LogP contribution in [0.3, 0.4) is 0 Å². The first kappa shape index (κ1) is 27.5. The highest BCUT2D eigenvalue weighted by atomic mass is 19.1. The van der Waals surface area contributed by atoms with Gasteiger partial charge < -0.3 is 9.47 Å². The zero-order chi connectivity index (χ0) is 26.5. The third-order valence-corrected chi connectivity index (χ3v) is 5.80. The smallest absolute Gasteiger partial charge is 0.311 e. The fourth-order valence-electron chi connectivity index (χ4n) is 3.81. The SMILES string of the molecule is N#Cc1ccc(OC(=O)CCCCCCCCCC(=O)Oc2ccc(-c3ccc(F)cc3)c(F)c2)cc1. The van der Waals surface area contributed by atoms with E-state index in [1.165, 1.54) is 36.4 Å². The lowest BCUT2D eigenvalue weighted by atomic mass is 10.0. The molecule has 5 nitrogen and oxygen atoms in total. The molecule has 37 heavy (non-hydrogen) atoms. The third-order valence-electron chi connectivity index (χ3n) is 5.80. The van der Waals surface area contributed by atoms with Crippen molar-refractivity contribution in [1.82, 2.24) is 0 Å². The minimum atomic E-state index is -0.542. The quantitative estimate of drug-likeness (QED) is 0.136. The molecule has 0 spiro atoms. The summed E-state index contributed by atoms with van der Waals surface area (Å²) >= 11 is 0. The second-order valence-corrected chi connectivity index (χ2v) is 8.71. The van der Waals surface area contributed by atoms with Gasteiger partial charge in [-0.3, -0.25) is 9.59 Å². The molecule has 0 unspecified atom stereocenters. The molecule has 0 aliphatic heterocycles. The fourth-order valence-corrected chi connectivity index (χ4v) is 3.81. The predicted octanol–water partition coefficient (Wildman–Crippen LogP) is 7.53. The average Bonchev–Trinajstić information content (AvgIpc) is 2.89. The van der Waals surface area contributed by atoms with Gasteiger partial charge in [-0.1, -0.05) is 44.2 Å². The van der Waals surface area contributed by atoms with Crippen LogP contribution in [-0.4, -0.2) is 11.9 Å². The maximum absolute atomic E-state index is 14.4. The average molecular weight is 506 g/mol. The van der Waals surface area contributed by atoms with Gasteiger partial charge in [-0.2, -0.15) is 5.26 Å². The summed E-state index contributed by atoms with van der Waals surface area (Å²) in [5.74, 6) is -1.04. The second-order valence-electron chi connectivity index (χ2n) is 8.71. The molecule has 0 aliphatic carbocycles. The van der Waals surface area contributed by atoms with Gasteiger partial charge in [-0.25, -0.2) is 8.78 Å². The van der Waals surface area contributed by atoms with E-state index in [-0.39, 0.29) is 18.1 Å². The van der Waals surface area contributed by atoms with Crippen LogP contribution in [0, 0.1) is 23.0 Å². The van der Waals surface area contributed by atoms with Crippen LogP contribution in [0.5, 0.6) is 11.5 Å². The lowest BCUT2D eigenvalue weighted by molar-refractivity contribution is -0.135. The molecule has 0 aliphatic rings. The van der Waals surface area contributed by atoms with Gasteiger partial charge in [0.25, 0.3) is 0 Å². The van der Waals surface area contributed by atoms with Crippen LogP contribution >= 0.6 is 0 Å². The van der Waals surface area contributed by atoms with Crippen molar-refractivity contribution in [2.75, 3.05) is 0 Å². The molecule has 3 rings (SSSR count). The summed E-state index contributed by atoms with van der Waals surface area (Å²) in [4.78, 5) is 24.0. The van der Waals surface area contributed by atoms with Crippen LogP contribution in [0.15, 0.2) is 66.7 Å². The molecule has 0 heterocycles. The van der Waals surface area contributed by atoms with E-state index in [2.05, 4.69) is 0 Å². The molecule has 3 aromatic rings. The number of carbonyl (C=O) groups is 2. The van der Waals surface area contributed by atoms with Crippen LogP contribution in [0.4, 0.5) is 8.78 Å². The number of halogens is 2. The highest BCUT2D eigenvalue weighted by molar-refractivity contribution is 5.73. The highest BCUT2D eigenvalue weighted by Crippen LogP contribution is 2.27. The summed E-state index contributed by atoms with van der Waals surface area (Å²) in [6.07, 6.45) is 6.81. The number of hydrogen-bond acceptors (Lipinski definition) is 5. The molecule has 0 atom stereocenters. The molecule has 3 aromatic carbocycles. The number of benzene rings is 3. The van der Waals surface area contributed by atoms with Gasteiger partial charge >= 0.3 is 11.9 Å². The molecule has 0 bridgehead atoms. The van der Waals surface area contributed by atoms with Gasteiger partial charge in [0.1, 0.15) is 23.1 Å². The minimum Gasteiger partial charge on any atom is -0.427 e. The van der Waals surface area contributed by atoms with Crippen molar-refractivity contribution in [2.45, 2.75) is 57.8 Å². The van der Waals surface area contributed by atoms with Gasteiger partial charge in [0.15, 0.2) is 0 Å². The van der Waals surface area contributed by atoms with Crippen molar-refractivity contribution in [2.24, 2.45) is 0 Å². The van der Waals surface area contributed by atoms with E-state index < -0.39 is 17.6 Å². The zero-order valence-electron chi connectivity index (χ0n) is 20.6. The molecule has 0 amide bonds. The predicted molar refractivity (Wildman–Crippen MR) is 136 cm³/mol. The molecule has 0 fully saturated rings. The van der Waals surface area contributed by atoms with E-state index in [4.69, 9.17) is 14.7 Å². The molecule has 0 N–H and O–H groups in total. The van der Waals surface area contributed by atoms with E-state index in [0.29, 0.717) is 35.3 Å². The summed E-state index contributed by atoms with van der Waals surface area (Å²) in [5, 5.41) is 8.78. The molecule has 0 saturated heterocycles. The number of carbonyl (C=O) groups excluding carboxylic acids is 2. The van der Waals surface area contributed by atoms with E-state index in [0.717, 1.165) is 44.6 Å². The van der Waals surface area contributed by atoms with E-state index >= 15 is 0 Å². The minimum absolute atomic E-state index is 0.145. The molecule has 7 heteroatoms. The standard InChI is InChI=1S/C30H29F2NO4/c31-24-14-12-23(13-15-24)27-19-18-26(20-28(27)32)37-30(35)9-7-5-3-1-2-4-6-8-29(34)36-25-16-10-22(21-33)11-17-25/h10-20H,1-9H2. The number of rotatable bonds is 13. The Hall–Kier alpha value is -4.05. The summed E-state index contributed by atoms with van der Waals surface area (Å²) in [6.45, 7) is 0. The fraction of sp³-hybridized carbons (Fsp3) is 0.300. The lowest BCUT2D eigenvalue weighted by Gasteiger charge is -2.08. The van der Waals surface area contributed by atoms with Gasteiger partial charge in [-0.05, 0) is 66.9 Å². The Morgan fingerprint density at radius 1 is 0.676 bits per heavy atom. The Morgan fingerprint density at radius 3 is 1.73 bits per heavy atom. The summed E-state index contributed by atoms with van der Waals surface area (Å²) in [5.41, 5.74) is 1.36. The number of unbranched alkanes of at least 4 members (excludes halogenated alkanes) is 6. The van der Waals surface area contributed by atoms with Crippen LogP contribution in [0.2, 0.25) is 0 Å². The van der Waals surface area contributed by atoms with Crippen LogP contribution in [0.25, 0.3) is 11.1 Å². The van der Waals surface area contributed by atoms with Gasteiger partial charge in [0, 0.05) is 24.5 Å². The summed E-state index contributed by atoms with van der Waals surface area (Å²) < 4.78 is 38.0. The van der Waals surface area contributed by atoms with Crippen molar-refractivity contribution in [1.29, 1.82) is 5.26 Å². The largest absolute Gasteiger partial charge is 0.427 e.